The number of fused-ring (bicyclic) bond motifs is 6. The van der Waals surface area contributed by atoms with Crippen molar-refractivity contribution < 1.29 is 24.5 Å². The number of rotatable bonds is 0. The molecular weight excluding hydrogens is 511 g/mol. The molecule has 2 heterocycles. The lowest BCUT2D eigenvalue weighted by atomic mass is 9.76. The van der Waals surface area contributed by atoms with Crippen LogP contribution < -0.4 is 10.5 Å². The predicted molar refractivity (Wildman–Crippen MR) is 117 cm³/mol. The summed E-state index contributed by atoms with van der Waals surface area (Å²) in [7, 11) is 0. The second kappa shape index (κ2) is 6.64. The van der Waals surface area contributed by atoms with Gasteiger partial charge >= 0.3 is 5.97 Å². The van der Waals surface area contributed by atoms with E-state index in [9.17, 15) is 15.0 Å². The summed E-state index contributed by atoms with van der Waals surface area (Å²) in [6.45, 7) is 0. The second-order valence-corrected chi connectivity index (χ2v) is 8.70. The fourth-order valence-electron chi connectivity index (χ4n) is 3.97. The minimum Gasteiger partial charge on any atom is -0.505 e. The maximum atomic E-state index is 12.9. The van der Waals surface area contributed by atoms with Gasteiger partial charge in [-0.2, -0.15) is 0 Å². The molecule has 0 radical (unpaired) electrons. The number of hydrogen-bond acceptors (Lipinski definition) is 6. The smallest absolute Gasteiger partial charge is 0.340 e. The number of hydrogen-bond donors (Lipinski definition) is 3. The topological polar surface area (TPSA) is 102 Å². The van der Waals surface area contributed by atoms with E-state index in [4.69, 9.17) is 73.2 Å². The first-order valence-electron chi connectivity index (χ1n) is 8.53. The van der Waals surface area contributed by atoms with E-state index < -0.39 is 23.1 Å². The Hall–Kier alpha value is -2.22. The first kappa shape index (κ1) is 20.7. The maximum Gasteiger partial charge on any atom is 0.340 e. The number of anilines is 1. The first-order chi connectivity index (χ1) is 14.6. The molecule has 11 heteroatoms. The highest BCUT2D eigenvalue weighted by atomic mass is 35.5. The van der Waals surface area contributed by atoms with Crippen LogP contribution in [0.25, 0.3) is 0 Å². The lowest BCUT2D eigenvalue weighted by Crippen LogP contribution is -2.35. The van der Waals surface area contributed by atoms with Crippen LogP contribution in [0.1, 0.15) is 27.0 Å². The van der Waals surface area contributed by atoms with Gasteiger partial charge in [-0.1, -0.05) is 76.2 Å². The average molecular weight is 520 g/mol. The van der Waals surface area contributed by atoms with Crippen LogP contribution in [0.15, 0.2) is 24.3 Å². The number of phenols is 2. The molecule has 0 fully saturated rings. The quantitative estimate of drug-likeness (QED) is 0.178. The molecule has 4 N–H and O–H groups in total. The van der Waals surface area contributed by atoms with E-state index >= 15 is 0 Å². The SMILES string of the molecule is Nc1c(Cl)c(O)c(Cl)c2c1C1(OC(=O)c3ccccc31)c1c(Cl)c(Cl)c(O)c(Cl)c1O2. The molecule has 0 saturated heterocycles. The number of benzene rings is 3. The molecule has 2 aliphatic rings. The molecule has 3 aromatic carbocycles. The molecule has 0 bridgehead atoms. The van der Waals surface area contributed by atoms with E-state index in [0.717, 1.165) is 0 Å². The normalized spacial score (nSPS) is 18.3. The molecule has 1 atom stereocenters. The van der Waals surface area contributed by atoms with Gasteiger partial charge in [0.05, 0.1) is 27.4 Å². The highest BCUT2D eigenvalue weighted by Gasteiger charge is 2.58. The average Bonchev–Trinajstić information content (AvgIpc) is 3.05. The molecular formula is C20H8Cl5NO5. The Morgan fingerprint density at radius 2 is 1.39 bits per heavy atom. The molecule has 3 aromatic rings. The van der Waals surface area contributed by atoms with Crippen molar-refractivity contribution in [3.8, 4) is 23.0 Å². The summed E-state index contributed by atoms with van der Waals surface area (Å²) in [5.74, 6) is -2.13. The van der Waals surface area contributed by atoms with E-state index in [2.05, 4.69) is 0 Å². The van der Waals surface area contributed by atoms with Gasteiger partial charge in [-0.3, -0.25) is 0 Å². The number of carbonyl (C=O) groups is 1. The Balaban J connectivity index is 2.06. The molecule has 1 spiro atoms. The molecule has 2 aliphatic heterocycles. The highest BCUT2D eigenvalue weighted by Crippen LogP contribution is 2.66. The summed E-state index contributed by atoms with van der Waals surface area (Å²) in [5, 5.41) is 19.3. The van der Waals surface area contributed by atoms with E-state index in [1.165, 1.54) is 0 Å². The predicted octanol–water partition coefficient (Wildman–Crippen LogP) is 6.52. The third-order valence-corrected chi connectivity index (χ3v) is 7.21. The van der Waals surface area contributed by atoms with E-state index in [1.807, 2.05) is 0 Å². The Labute approximate surface area is 199 Å². The first-order valence-corrected chi connectivity index (χ1v) is 10.4. The zero-order valence-corrected chi connectivity index (χ0v) is 18.7. The van der Waals surface area contributed by atoms with Gasteiger partial charge in [-0.25, -0.2) is 4.79 Å². The molecule has 0 aliphatic carbocycles. The minimum absolute atomic E-state index is 0.0253. The number of aromatic hydroxyl groups is 2. The molecule has 1 unspecified atom stereocenters. The van der Waals surface area contributed by atoms with Gasteiger partial charge in [0.15, 0.2) is 28.6 Å². The minimum atomic E-state index is -1.82. The largest absolute Gasteiger partial charge is 0.505 e. The Morgan fingerprint density at radius 3 is 2.06 bits per heavy atom. The number of ether oxygens (including phenoxy) is 2. The van der Waals surface area contributed by atoms with Gasteiger partial charge < -0.3 is 25.4 Å². The van der Waals surface area contributed by atoms with Crippen LogP contribution in [0.3, 0.4) is 0 Å². The molecule has 31 heavy (non-hydrogen) atoms. The van der Waals surface area contributed by atoms with E-state index in [1.54, 1.807) is 24.3 Å². The van der Waals surface area contributed by atoms with Gasteiger partial charge in [-0.15, -0.1) is 0 Å². The summed E-state index contributed by atoms with van der Waals surface area (Å²) in [6, 6.07) is 6.50. The van der Waals surface area contributed by atoms with Crippen molar-refractivity contribution in [2.75, 3.05) is 5.73 Å². The van der Waals surface area contributed by atoms with E-state index in [0.29, 0.717) is 5.56 Å². The Morgan fingerprint density at radius 1 is 0.806 bits per heavy atom. The van der Waals surface area contributed by atoms with Gasteiger partial charge in [0.25, 0.3) is 0 Å². The van der Waals surface area contributed by atoms with Gasteiger partial charge in [0.2, 0.25) is 0 Å². The van der Waals surface area contributed by atoms with Crippen molar-refractivity contribution >= 4 is 69.7 Å². The van der Waals surface area contributed by atoms with Crippen molar-refractivity contribution in [2.24, 2.45) is 0 Å². The van der Waals surface area contributed by atoms with Gasteiger partial charge in [-0.05, 0) is 6.07 Å². The van der Waals surface area contributed by atoms with Crippen LogP contribution in [0, 0.1) is 0 Å². The van der Waals surface area contributed by atoms with Crippen molar-refractivity contribution in [1.82, 2.24) is 0 Å². The van der Waals surface area contributed by atoms with Crippen molar-refractivity contribution in [2.45, 2.75) is 5.60 Å². The number of carbonyl (C=O) groups excluding carboxylic acids is 1. The zero-order valence-electron chi connectivity index (χ0n) is 14.9. The number of phenolic OH excluding ortho intramolecular Hbond substituents is 2. The highest BCUT2D eigenvalue weighted by molar-refractivity contribution is 6.46. The number of nitrogens with two attached hydrogens (primary N) is 1. The monoisotopic (exact) mass is 517 g/mol. The van der Waals surface area contributed by atoms with Crippen molar-refractivity contribution in [3.63, 3.8) is 0 Å². The standard InChI is InChI=1S/C20H8Cl5NO5/c21-9-7-17(12(24)15(27)10(9)22)30-18-8(14(26)11(23)16(28)13(18)25)20(7)6-4-2-1-3-5(6)19(29)31-20/h1-4,27-28H,26H2. The third kappa shape index (κ3) is 2.40. The third-order valence-electron chi connectivity index (χ3n) is 5.28. The lowest BCUT2D eigenvalue weighted by Gasteiger charge is -2.39. The summed E-state index contributed by atoms with van der Waals surface area (Å²) in [4.78, 5) is 12.9. The number of esters is 1. The summed E-state index contributed by atoms with van der Waals surface area (Å²) < 4.78 is 11.7. The summed E-state index contributed by atoms with van der Waals surface area (Å²) in [6.07, 6.45) is 0. The second-order valence-electron chi connectivity index (χ2n) is 6.81. The summed E-state index contributed by atoms with van der Waals surface area (Å²) >= 11 is 31.6. The number of nitrogen functional groups attached to an aromatic ring is 1. The molecule has 0 saturated carbocycles. The lowest BCUT2D eigenvalue weighted by molar-refractivity contribution is 0.0227. The molecule has 6 nitrogen and oxygen atoms in total. The van der Waals surface area contributed by atoms with Crippen LogP contribution in [0.5, 0.6) is 23.0 Å². The molecule has 5 rings (SSSR count). The Kier molecular flexibility index (Phi) is 4.43. The zero-order chi connectivity index (χ0) is 22.4. The fraction of sp³-hybridized carbons (Fsp3) is 0.0500. The van der Waals surface area contributed by atoms with Crippen LogP contribution in [0.2, 0.25) is 25.1 Å². The van der Waals surface area contributed by atoms with Gasteiger partial charge in [0.1, 0.15) is 20.1 Å². The van der Waals surface area contributed by atoms with Crippen LogP contribution >= 0.6 is 58.0 Å². The maximum absolute atomic E-state index is 12.9. The number of halogens is 5. The molecule has 0 amide bonds. The van der Waals surface area contributed by atoms with Crippen LogP contribution in [0.4, 0.5) is 5.69 Å². The molecule has 158 valence electrons. The fourth-order valence-corrected chi connectivity index (χ4v) is 5.21. The molecule has 0 aromatic heterocycles. The Bertz CT molecular complexity index is 1290. The van der Waals surface area contributed by atoms with Crippen molar-refractivity contribution in [1.29, 1.82) is 0 Å². The van der Waals surface area contributed by atoms with Gasteiger partial charge in [0, 0.05) is 5.56 Å². The van der Waals surface area contributed by atoms with Crippen LogP contribution in [-0.4, -0.2) is 16.2 Å². The van der Waals surface area contributed by atoms with Crippen molar-refractivity contribution in [3.05, 3.63) is 71.6 Å². The summed E-state index contributed by atoms with van der Waals surface area (Å²) in [5.41, 5.74) is 4.90. The van der Waals surface area contributed by atoms with E-state index in [-0.39, 0.29) is 59.0 Å². The van der Waals surface area contributed by atoms with Crippen LogP contribution in [-0.2, 0) is 10.3 Å².